The summed E-state index contributed by atoms with van der Waals surface area (Å²) in [5.41, 5.74) is 2.11. The monoisotopic (exact) mass is 402 g/mol. The van der Waals surface area contributed by atoms with Crippen LogP contribution in [0.4, 0.5) is 0 Å². The fraction of sp³-hybridized carbons (Fsp3) is 0.217. The number of aromatic nitrogens is 2. The maximum Gasteiger partial charge on any atom is 0.274 e. The second-order valence-electron chi connectivity index (χ2n) is 7.34. The summed E-state index contributed by atoms with van der Waals surface area (Å²) >= 11 is 0. The van der Waals surface area contributed by atoms with E-state index in [4.69, 9.17) is 0 Å². The Hall–Kier alpha value is -3.58. The smallest absolute Gasteiger partial charge is 0.274 e. The number of hydrogen-bond acceptors (Lipinski definition) is 5. The Kier molecular flexibility index (Phi) is 5.54. The van der Waals surface area contributed by atoms with E-state index < -0.39 is 0 Å². The number of piperazine rings is 1. The summed E-state index contributed by atoms with van der Waals surface area (Å²) in [4.78, 5) is 48.3. The molecular formula is C23H22N4O3. The summed E-state index contributed by atoms with van der Waals surface area (Å²) in [6, 6.07) is 13.8. The number of rotatable bonds is 4. The molecule has 0 saturated carbocycles. The van der Waals surface area contributed by atoms with Gasteiger partial charge >= 0.3 is 0 Å². The fourth-order valence-electron chi connectivity index (χ4n) is 3.38. The van der Waals surface area contributed by atoms with Crippen LogP contribution in [-0.4, -0.2) is 64.7 Å². The molecule has 0 spiro atoms. The van der Waals surface area contributed by atoms with E-state index >= 15 is 0 Å². The molecule has 3 aromatic rings. The van der Waals surface area contributed by atoms with Crippen LogP contribution < -0.4 is 5.56 Å². The van der Waals surface area contributed by atoms with Crippen molar-refractivity contribution in [1.29, 1.82) is 0 Å². The second-order valence-corrected chi connectivity index (χ2v) is 7.34. The van der Waals surface area contributed by atoms with Crippen molar-refractivity contribution in [2.24, 2.45) is 0 Å². The summed E-state index contributed by atoms with van der Waals surface area (Å²) in [5, 5.41) is 0. The third-order valence-electron chi connectivity index (χ3n) is 5.23. The predicted octanol–water partition coefficient (Wildman–Crippen LogP) is 2.21. The number of aromatic amines is 1. The van der Waals surface area contributed by atoms with Gasteiger partial charge in [0.2, 0.25) is 0 Å². The highest BCUT2D eigenvalue weighted by molar-refractivity contribution is 6.07. The average molecular weight is 402 g/mol. The number of benzene rings is 2. The van der Waals surface area contributed by atoms with Gasteiger partial charge in [0.1, 0.15) is 5.69 Å². The largest absolute Gasteiger partial charge is 0.336 e. The first kappa shape index (κ1) is 19.7. The van der Waals surface area contributed by atoms with Crippen molar-refractivity contribution in [2.45, 2.75) is 0 Å². The normalized spacial score (nSPS) is 15.0. The Labute approximate surface area is 173 Å². The molecule has 0 bridgehead atoms. The van der Waals surface area contributed by atoms with Gasteiger partial charge in [-0.1, -0.05) is 24.3 Å². The Bertz CT molecular complexity index is 1170. The molecule has 152 valence electrons. The highest BCUT2D eigenvalue weighted by Crippen LogP contribution is 2.12. The summed E-state index contributed by atoms with van der Waals surface area (Å²) in [7, 11) is 2.04. The highest BCUT2D eigenvalue weighted by atomic mass is 16.2. The molecule has 1 fully saturated rings. The number of carbonyl (C=O) groups is 2. The van der Waals surface area contributed by atoms with Crippen LogP contribution in [0.2, 0.25) is 0 Å². The number of hydrogen-bond donors (Lipinski definition) is 1. The van der Waals surface area contributed by atoms with Crippen molar-refractivity contribution in [3.63, 3.8) is 0 Å². The third-order valence-corrected chi connectivity index (χ3v) is 5.23. The van der Waals surface area contributed by atoms with Crippen molar-refractivity contribution in [3.05, 3.63) is 81.8 Å². The first-order chi connectivity index (χ1) is 14.5. The van der Waals surface area contributed by atoms with Gasteiger partial charge in [0, 0.05) is 37.3 Å². The molecule has 4 rings (SSSR count). The van der Waals surface area contributed by atoms with Gasteiger partial charge in [0.15, 0.2) is 5.78 Å². The number of fused-ring (bicyclic) bond motifs is 1. The van der Waals surface area contributed by atoms with Crippen molar-refractivity contribution in [2.75, 3.05) is 33.2 Å². The van der Waals surface area contributed by atoms with Crippen LogP contribution in [-0.2, 0) is 0 Å². The quantitative estimate of drug-likeness (QED) is 0.534. The SMILES string of the molecule is CN1CCN(C(=O)c2ccc(C(=O)/C=C/c3nc4ccccc4[nH]c3=O)cc2)CC1. The molecule has 0 atom stereocenters. The summed E-state index contributed by atoms with van der Waals surface area (Å²) in [6.45, 7) is 3.11. The number of nitrogens with one attached hydrogen (secondary N) is 1. The van der Waals surface area contributed by atoms with Crippen LogP contribution in [0.1, 0.15) is 26.4 Å². The minimum Gasteiger partial charge on any atom is -0.336 e. The fourth-order valence-corrected chi connectivity index (χ4v) is 3.38. The zero-order valence-corrected chi connectivity index (χ0v) is 16.7. The Morgan fingerprint density at radius 1 is 0.967 bits per heavy atom. The lowest BCUT2D eigenvalue weighted by Crippen LogP contribution is -2.47. The number of para-hydroxylation sites is 2. The number of allylic oxidation sites excluding steroid dienone is 1. The van der Waals surface area contributed by atoms with Crippen LogP contribution in [0.25, 0.3) is 17.1 Å². The van der Waals surface area contributed by atoms with Gasteiger partial charge in [-0.2, -0.15) is 0 Å². The average Bonchev–Trinajstić information content (AvgIpc) is 2.77. The van der Waals surface area contributed by atoms with E-state index in [1.54, 1.807) is 36.4 Å². The van der Waals surface area contributed by atoms with Crippen LogP contribution in [0.3, 0.4) is 0 Å². The van der Waals surface area contributed by atoms with Crippen molar-refractivity contribution < 1.29 is 9.59 Å². The standard InChI is InChI=1S/C23H22N4O3/c1-26-12-14-27(15-13-26)23(30)17-8-6-16(7-9-17)21(28)11-10-20-22(29)25-19-5-3-2-4-18(19)24-20/h2-11H,12-15H2,1H3,(H,25,29)/b11-10+. The van der Waals surface area contributed by atoms with E-state index in [0.717, 1.165) is 13.1 Å². The lowest BCUT2D eigenvalue weighted by Gasteiger charge is -2.32. The van der Waals surface area contributed by atoms with E-state index in [2.05, 4.69) is 14.9 Å². The Morgan fingerprint density at radius 2 is 1.63 bits per heavy atom. The Balaban J connectivity index is 1.47. The minimum absolute atomic E-state index is 0.0236. The molecule has 7 nitrogen and oxygen atoms in total. The van der Waals surface area contributed by atoms with Gasteiger partial charge in [0.05, 0.1) is 11.0 Å². The lowest BCUT2D eigenvalue weighted by atomic mass is 10.1. The van der Waals surface area contributed by atoms with Crippen molar-refractivity contribution in [3.8, 4) is 0 Å². The van der Waals surface area contributed by atoms with Crippen molar-refractivity contribution >= 4 is 28.8 Å². The Morgan fingerprint density at radius 3 is 2.37 bits per heavy atom. The number of carbonyl (C=O) groups excluding carboxylic acids is 2. The summed E-state index contributed by atoms with van der Waals surface area (Å²) in [5.74, 6) is -0.285. The van der Waals surface area contributed by atoms with Crippen molar-refractivity contribution in [1.82, 2.24) is 19.8 Å². The number of amides is 1. The topological polar surface area (TPSA) is 86.4 Å². The maximum atomic E-state index is 12.6. The molecule has 1 saturated heterocycles. The first-order valence-electron chi connectivity index (χ1n) is 9.80. The number of nitrogens with zero attached hydrogens (tertiary/aromatic N) is 3. The molecule has 1 aliphatic heterocycles. The van der Waals surface area contributed by atoms with Gasteiger partial charge in [0.25, 0.3) is 11.5 Å². The summed E-state index contributed by atoms with van der Waals surface area (Å²) < 4.78 is 0. The van der Waals surface area contributed by atoms with Crippen LogP contribution >= 0.6 is 0 Å². The number of ketones is 1. The molecule has 0 unspecified atom stereocenters. The molecule has 2 heterocycles. The molecule has 2 aromatic carbocycles. The zero-order valence-electron chi connectivity index (χ0n) is 16.7. The van der Waals surface area contributed by atoms with E-state index in [1.165, 1.54) is 12.2 Å². The molecule has 1 N–H and O–H groups in total. The molecule has 1 aliphatic rings. The first-order valence-corrected chi connectivity index (χ1v) is 9.80. The van der Waals surface area contributed by atoms with Crippen LogP contribution in [0.5, 0.6) is 0 Å². The van der Waals surface area contributed by atoms with E-state index in [1.807, 2.05) is 24.1 Å². The number of H-pyrrole nitrogens is 1. The van der Waals surface area contributed by atoms with Gasteiger partial charge < -0.3 is 14.8 Å². The van der Waals surface area contributed by atoms with Crippen LogP contribution in [0.15, 0.2) is 59.4 Å². The maximum absolute atomic E-state index is 12.6. The van der Waals surface area contributed by atoms with Gasteiger partial charge in [-0.15, -0.1) is 0 Å². The molecule has 30 heavy (non-hydrogen) atoms. The van der Waals surface area contributed by atoms with Gasteiger partial charge in [-0.05, 0) is 43.5 Å². The van der Waals surface area contributed by atoms with E-state index in [9.17, 15) is 14.4 Å². The summed E-state index contributed by atoms with van der Waals surface area (Å²) in [6.07, 6.45) is 2.74. The molecule has 1 amide bonds. The van der Waals surface area contributed by atoms with Gasteiger partial charge in [-0.25, -0.2) is 4.98 Å². The predicted molar refractivity (Wildman–Crippen MR) is 116 cm³/mol. The molecular weight excluding hydrogens is 380 g/mol. The van der Waals surface area contributed by atoms with E-state index in [0.29, 0.717) is 35.2 Å². The third kappa shape index (κ3) is 4.21. The molecule has 7 heteroatoms. The lowest BCUT2D eigenvalue weighted by molar-refractivity contribution is 0.0664. The highest BCUT2D eigenvalue weighted by Gasteiger charge is 2.20. The molecule has 0 aliphatic carbocycles. The molecule has 1 aromatic heterocycles. The molecule has 0 radical (unpaired) electrons. The van der Waals surface area contributed by atoms with Crippen LogP contribution in [0, 0.1) is 0 Å². The minimum atomic E-state index is -0.356. The zero-order chi connectivity index (χ0) is 21.1. The van der Waals surface area contributed by atoms with E-state index in [-0.39, 0.29) is 22.9 Å². The number of likely N-dealkylation sites (N-methyl/N-ethyl adjacent to an activating group) is 1. The van der Waals surface area contributed by atoms with Gasteiger partial charge in [-0.3, -0.25) is 14.4 Å². The second kappa shape index (κ2) is 8.42.